The molecule has 19 heavy (non-hydrogen) atoms. The molecule has 0 spiro atoms. The minimum atomic E-state index is -1.03. The van der Waals surface area contributed by atoms with Crippen LogP contribution in [-0.4, -0.2) is 44.8 Å². The smallest absolute Gasteiger partial charge is 0.326 e. The highest BCUT2D eigenvalue weighted by atomic mass is 16.4. The zero-order valence-corrected chi connectivity index (χ0v) is 11.8. The fraction of sp³-hybridized carbons (Fsp3) is 0.615. The summed E-state index contributed by atoms with van der Waals surface area (Å²) in [4.78, 5) is 24.1. The number of likely N-dealkylation sites (N-methyl/N-ethyl adjacent to an activating group) is 1. The van der Waals surface area contributed by atoms with Crippen molar-refractivity contribution in [3.63, 3.8) is 0 Å². The molecule has 0 aromatic carbocycles. The number of hydrogen-bond acceptors (Lipinski definition) is 3. The molecule has 1 amide bonds. The van der Waals surface area contributed by atoms with Crippen LogP contribution in [0.2, 0.25) is 0 Å². The number of nitrogens with zero attached hydrogens (tertiary/aromatic N) is 3. The van der Waals surface area contributed by atoms with Crippen LogP contribution < -0.4 is 0 Å². The first kappa shape index (κ1) is 15.2. The topological polar surface area (TPSA) is 75.4 Å². The summed E-state index contributed by atoms with van der Waals surface area (Å²) < 4.78 is 1.77. The number of aromatic nitrogens is 2. The molecule has 0 aliphatic heterocycles. The molecule has 1 atom stereocenters. The Balaban J connectivity index is 2.87. The largest absolute Gasteiger partial charge is 0.480 e. The first-order valence-corrected chi connectivity index (χ1v) is 6.47. The van der Waals surface area contributed by atoms with Gasteiger partial charge in [-0.25, -0.2) is 4.79 Å². The van der Waals surface area contributed by atoms with E-state index in [2.05, 4.69) is 18.9 Å². The molecular formula is C13H21N3O3. The molecule has 0 fully saturated rings. The van der Waals surface area contributed by atoms with E-state index in [1.54, 1.807) is 16.9 Å². The average Bonchev–Trinajstić information content (AvgIpc) is 2.87. The molecule has 1 N–H and O–H groups in total. The van der Waals surface area contributed by atoms with Gasteiger partial charge in [0, 0.05) is 13.2 Å². The molecule has 1 rings (SSSR count). The van der Waals surface area contributed by atoms with Gasteiger partial charge in [0.1, 0.15) is 11.7 Å². The van der Waals surface area contributed by atoms with E-state index in [0.29, 0.717) is 0 Å². The van der Waals surface area contributed by atoms with E-state index in [1.165, 1.54) is 18.9 Å². The van der Waals surface area contributed by atoms with Gasteiger partial charge < -0.3 is 10.0 Å². The number of rotatable bonds is 6. The van der Waals surface area contributed by atoms with Crippen LogP contribution in [0.3, 0.4) is 0 Å². The Morgan fingerprint density at radius 1 is 1.42 bits per heavy atom. The van der Waals surface area contributed by atoms with Crippen molar-refractivity contribution in [2.24, 2.45) is 0 Å². The molecule has 1 aromatic heterocycles. The van der Waals surface area contributed by atoms with Crippen LogP contribution in [0.25, 0.3) is 0 Å². The van der Waals surface area contributed by atoms with Crippen LogP contribution in [0.1, 0.15) is 50.1 Å². The zero-order valence-electron chi connectivity index (χ0n) is 11.8. The summed E-state index contributed by atoms with van der Waals surface area (Å²) in [6, 6.07) is 1.03. The quantitative estimate of drug-likeness (QED) is 0.852. The van der Waals surface area contributed by atoms with Crippen molar-refractivity contribution in [2.75, 3.05) is 7.05 Å². The molecular weight excluding hydrogens is 246 g/mol. The summed E-state index contributed by atoms with van der Waals surface area (Å²) in [5.74, 6) is -1.41. The first-order chi connectivity index (χ1) is 8.92. The summed E-state index contributed by atoms with van der Waals surface area (Å²) in [6.07, 6.45) is 3.64. The van der Waals surface area contributed by atoms with E-state index in [9.17, 15) is 9.59 Å². The number of carbonyl (C=O) groups is 2. The molecule has 6 nitrogen and oxygen atoms in total. The van der Waals surface area contributed by atoms with Gasteiger partial charge in [-0.15, -0.1) is 0 Å². The van der Waals surface area contributed by atoms with Gasteiger partial charge in [0.2, 0.25) is 0 Å². The van der Waals surface area contributed by atoms with Gasteiger partial charge in [-0.2, -0.15) is 5.10 Å². The van der Waals surface area contributed by atoms with Crippen LogP contribution in [0.4, 0.5) is 0 Å². The Hall–Kier alpha value is -1.85. The van der Waals surface area contributed by atoms with Gasteiger partial charge >= 0.3 is 5.97 Å². The molecule has 1 unspecified atom stereocenters. The van der Waals surface area contributed by atoms with E-state index in [1.807, 2.05) is 0 Å². The van der Waals surface area contributed by atoms with Crippen LogP contribution in [0.5, 0.6) is 0 Å². The molecule has 0 aliphatic carbocycles. The molecule has 6 heteroatoms. The lowest BCUT2D eigenvalue weighted by Gasteiger charge is -2.20. The van der Waals surface area contributed by atoms with Crippen molar-refractivity contribution in [1.29, 1.82) is 0 Å². The van der Waals surface area contributed by atoms with E-state index in [0.717, 1.165) is 12.8 Å². The summed E-state index contributed by atoms with van der Waals surface area (Å²) in [5.41, 5.74) is 0.280. The Morgan fingerprint density at radius 3 is 2.47 bits per heavy atom. The van der Waals surface area contributed by atoms with Gasteiger partial charge in [-0.1, -0.05) is 13.8 Å². The average molecular weight is 267 g/mol. The number of hydrogen-bond donors (Lipinski definition) is 1. The molecule has 0 saturated carbocycles. The monoisotopic (exact) mass is 267 g/mol. The van der Waals surface area contributed by atoms with Crippen LogP contribution in [0.15, 0.2) is 12.3 Å². The third-order valence-corrected chi connectivity index (χ3v) is 3.40. The second-order valence-corrected chi connectivity index (χ2v) is 4.58. The SMILES string of the molecule is CCC(CC)n1ccc(C(=O)N(C)C(C)C(=O)O)n1. The van der Waals surface area contributed by atoms with Crippen LogP contribution in [0, 0.1) is 0 Å². The minimum absolute atomic E-state index is 0.267. The molecule has 1 aromatic rings. The molecule has 0 aliphatic rings. The zero-order chi connectivity index (χ0) is 14.6. The number of carbonyl (C=O) groups excluding carboxylic acids is 1. The lowest BCUT2D eigenvalue weighted by molar-refractivity contribution is -0.141. The summed E-state index contributed by atoms with van der Waals surface area (Å²) in [6.45, 7) is 5.60. The number of amides is 1. The molecule has 0 radical (unpaired) electrons. The van der Waals surface area contributed by atoms with Gasteiger partial charge in [-0.3, -0.25) is 9.48 Å². The number of carboxylic acids is 1. The van der Waals surface area contributed by atoms with Crippen molar-refractivity contribution >= 4 is 11.9 Å². The summed E-state index contributed by atoms with van der Waals surface area (Å²) in [5, 5.41) is 13.1. The van der Waals surface area contributed by atoms with Crippen molar-refractivity contribution in [1.82, 2.24) is 14.7 Å². The predicted octanol–water partition coefficient (Wildman–Crippen LogP) is 1.79. The van der Waals surface area contributed by atoms with Gasteiger partial charge in [0.05, 0.1) is 6.04 Å². The standard InChI is InChI=1S/C13H21N3O3/c1-5-10(6-2)16-8-7-11(14-16)12(17)15(4)9(3)13(18)19/h7-10H,5-6H2,1-4H3,(H,18,19). The van der Waals surface area contributed by atoms with Crippen molar-refractivity contribution < 1.29 is 14.7 Å². The van der Waals surface area contributed by atoms with Crippen LogP contribution in [-0.2, 0) is 4.79 Å². The Labute approximate surface area is 113 Å². The van der Waals surface area contributed by atoms with E-state index >= 15 is 0 Å². The maximum atomic E-state index is 12.1. The summed E-state index contributed by atoms with van der Waals surface area (Å²) in [7, 11) is 1.47. The van der Waals surface area contributed by atoms with E-state index in [-0.39, 0.29) is 17.6 Å². The third kappa shape index (κ3) is 3.33. The van der Waals surface area contributed by atoms with Gasteiger partial charge in [-0.05, 0) is 25.8 Å². The highest BCUT2D eigenvalue weighted by Gasteiger charge is 2.24. The second-order valence-electron chi connectivity index (χ2n) is 4.58. The number of carboxylic acid groups (broad SMARTS) is 1. The molecule has 1 heterocycles. The Kier molecular flexibility index (Phi) is 5.09. The van der Waals surface area contributed by atoms with Crippen molar-refractivity contribution in [3.05, 3.63) is 18.0 Å². The van der Waals surface area contributed by atoms with Crippen LogP contribution >= 0.6 is 0 Å². The predicted molar refractivity (Wildman–Crippen MR) is 71.0 cm³/mol. The maximum Gasteiger partial charge on any atom is 0.326 e. The highest BCUT2D eigenvalue weighted by Crippen LogP contribution is 2.15. The first-order valence-electron chi connectivity index (χ1n) is 6.47. The van der Waals surface area contributed by atoms with Gasteiger partial charge in [0.25, 0.3) is 5.91 Å². The lowest BCUT2D eigenvalue weighted by atomic mass is 10.2. The van der Waals surface area contributed by atoms with Crippen molar-refractivity contribution in [3.8, 4) is 0 Å². The number of aliphatic carboxylic acids is 1. The normalized spacial score (nSPS) is 12.5. The van der Waals surface area contributed by atoms with Gasteiger partial charge in [0.15, 0.2) is 0 Å². The van der Waals surface area contributed by atoms with Crippen molar-refractivity contribution in [2.45, 2.75) is 45.7 Å². The van der Waals surface area contributed by atoms with E-state index < -0.39 is 12.0 Å². The Bertz CT molecular complexity index is 452. The highest BCUT2D eigenvalue weighted by molar-refractivity contribution is 5.94. The lowest BCUT2D eigenvalue weighted by Crippen LogP contribution is -2.40. The molecule has 106 valence electrons. The fourth-order valence-electron chi connectivity index (χ4n) is 1.84. The molecule has 0 saturated heterocycles. The maximum absolute atomic E-state index is 12.1. The Morgan fingerprint density at radius 2 is 2.00 bits per heavy atom. The second kappa shape index (κ2) is 6.36. The summed E-state index contributed by atoms with van der Waals surface area (Å²) >= 11 is 0. The minimum Gasteiger partial charge on any atom is -0.480 e. The third-order valence-electron chi connectivity index (χ3n) is 3.40. The molecule has 0 bridgehead atoms. The van der Waals surface area contributed by atoms with E-state index in [4.69, 9.17) is 5.11 Å². The fourth-order valence-corrected chi connectivity index (χ4v) is 1.84.